The van der Waals surface area contributed by atoms with Crippen molar-refractivity contribution in [3.8, 4) is 0 Å². The van der Waals surface area contributed by atoms with Gasteiger partial charge in [-0.25, -0.2) is 13.1 Å². The minimum Gasteiger partial charge on any atom is -0.334 e. The fourth-order valence-corrected chi connectivity index (χ4v) is 4.92. The van der Waals surface area contributed by atoms with Crippen LogP contribution in [-0.4, -0.2) is 56.8 Å². The van der Waals surface area contributed by atoms with E-state index in [1.807, 2.05) is 31.2 Å². The number of fused-ring (bicyclic) bond motifs is 1. The van der Waals surface area contributed by atoms with E-state index >= 15 is 0 Å². The van der Waals surface area contributed by atoms with Gasteiger partial charge >= 0.3 is 0 Å². The highest BCUT2D eigenvalue weighted by Crippen LogP contribution is 2.22. The average Bonchev–Trinajstić information content (AvgIpc) is 3.63. The number of nitrogens with zero attached hydrogens (tertiary/aromatic N) is 2. The zero-order valence-corrected chi connectivity index (χ0v) is 19.1. The summed E-state index contributed by atoms with van der Waals surface area (Å²) < 4.78 is 28.0. The lowest BCUT2D eigenvalue weighted by Crippen LogP contribution is -2.32. The van der Waals surface area contributed by atoms with E-state index in [2.05, 4.69) is 27.8 Å². The van der Waals surface area contributed by atoms with Crippen molar-refractivity contribution in [2.24, 2.45) is 0 Å². The van der Waals surface area contributed by atoms with Crippen LogP contribution in [0, 0.1) is 0 Å². The van der Waals surface area contributed by atoms with Crippen LogP contribution in [0.2, 0.25) is 0 Å². The van der Waals surface area contributed by atoms with Crippen LogP contribution >= 0.6 is 0 Å². The minimum absolute atomic E-state index is 0.121. The first-order chi connectivity index (χ1) is 15.5. The normalized spacial score (nSPS) is 13.9. The molecule has 0 aromatic heterocycles. The number of sulfonamides is 1. The lowest BCUT2D eigenvalue weighted by Gasteiger charge is -2.23. The molecule has 168 valence electrons. The van der Waals surface area contributed by atoms with Gasteiger partial charge in [-0.15, -0.1) is 0 Å². The van der Waals surface area contributed by atoms with Gasteiger partial charge in [-0.05, 0) is 41.0 Å². The third kappa shape index (κ3) is 5.35. The van der Waals surface area contributed by atoms with Crippen LogP contribution in [0.25, 0.3) is 10.8 Å². The summed E-state index contributed by atoms with van der Waals surface area (Å²) in [6, 6.07) is 20.6. The Balaban J connectivity index is 1.54. The van der Waals surface area contributed by atoms with Crippen LogP contribution < -0.4 is 4.72 Å². The zero-order chi connectivity index (χ0) is 22.6. The van der Waals surface area contributed by atoms with Crippen LogP contribution in [0.15, 0.2) is 71.6 Å². The van der Waals surface area contributed by atoms with Gasteiger partial charge < -0.3 is 4.90 Å². The molecule has 1 amide bonds. The number of carbonyl (C=O) groups excluding carboxylic acids is 1. The molecule has 1 aliphatic heterocycles. The van der Waals surface area contributed by atoms with E-state index in [1.54, 1.807) is 17.0 Å². The summed E-state index contributed by atoms with van der Waals surface area (Å²) in [7, 11) is -3.66. The van der Waals surface area contributed by atoms with E-state index in [9.17, 15) is 13.2 Å². The number of amides is 1. The third-order valence-corrected chi connectivity index (χ3v) is 7.13. The van der Waals surface area contributed by atoms with Gasteiger partial charge in [-0.3, -0.25) is 9.69 Å². The Kier molecular flexibility index (Phi) is 6.89. The summed E-state index contributed by atoms with van der Waals surface area (Å²) >= 11 is 0. The number of hydrogen-bond donors (Lipinski definition) is 1. The van der Waals surface area contributed by atoms with Crippen molar-refractivity contribution in [3.63, 3.8) is 0 Å². The molecule has 0 aliphatic carbocycles. The Morgan fingerprint density at radius 3 is 2.56 bits per heavy atom. The SMILES string of the molecule is CCCN(Cc1cccc2ccccc12)C(=O)c1cccc(S(=O)(=O)NCCN2CC2)c1. The minimum atomic E-state index is -3.66. The number of hydrogen-bond acceptors (Lipinski definition) is 4. The second-order valence-corrected chi connectivity index (χ2v) is 9.90. The molecule has 0 atom stereocenters. The quantitative estimate of drug-likeness (QED) is 0.479. The number of rotatable bonds is 10. The lowest BCUT2D eigenvalue weighted by molar-refractivity contribution is 0.0743. The van der Waals surface area contributed by atoms with Crippen LogP contribution in [-0.2, 0) is 16.6 Å². The Labute approximate surface area is 189 Å². The van der Waals surface area contributed by atoms with Crippen molar-refractivity contribution >= 4 is 26.7 Å². The van der Waals surface area contributed by atoms with E-state index in [4.69, 9.17) is 0 Å². The zero-order valence-electron chi connectivity index (χ0n) is 18.3. The average molecular weight is 452 g/mol. The highest BCUT2D eigenvalue weighted by Gasteiger charge is 2.21. The fraction of sp³-hybridized carbons (Fsp3) is 0.320. The molecular formula is C25H29N3O3S. The van der Waals surface area contributed by atoms with Crippen LogP contribution in [0.4, 0.5) is 0 Å². The maximum Gasteiger partial charge on any atom is 0.254 e. The molecule has 7 heteroatoms. The predicted molar refractivity (Wildman–Crippen MR) is 127 cm³/mol. The molecule has 32 heavy (non-hydrogen) atoms. The van der Waals surface area contributed by atoms with Crippen molar-refractivity contribution in [2.75, 3.05) is 32.7 Å². The molecule has 1 fully saturated rings. The van der Waals surface area contributed by atoms with Crippen molar-refractivity contribution in [2.45, 2.75) is 24.8 Å². The maximum absolute atomic E-state index is 13.4. The van der Waals surface area contributed by atoms with Crippen molar-refractivity contribution in [1.82, 2.24) is 14.5 Å². The molecule has 4 rings (SSSR count). The first kappa shape index (κ1) is 22.5. The van der Waals surface area contributed by atoms with E-state index in [0.717, 1.165) is 35.8 Å². The van der Waals surface area contributed by atoms with Gasteiger partial charge in [-0.2, -0.15) is 0 Å². The standard InChI is InChI=1S/C25H29N3O3S/c1-2-14-28(19-22-10-5-8-20-7-3-4-12-24(20)22)25(29)21-9-6-11-23(18-21)32(30,31)26-13-15-27-16-17-27/h3-12,18,26H,2,13-17,19H2,1H3. The second kappa shape index (κ2) is 9.81. The smallest absolute Gasteiger partial charge is 0.254 e. The van der Waals surface area contributed by atoms with Crippen LogP contribution in [0.3, 0.4) is 0 Å². The highest BCUT2D eigenvalue weighted by molar-refractivity contribution is 7.89. The molecule has 6 nitrogen and oxygen atoms in total. The monoisotopic (exact) mass is 451 g/mol. The predicted octanol–water partition coefficient (Wildman–Crippen LogP) is 3.49. The molecule has 1 aliphatic rings. The van der Waals surface area contributed by atoms with E-state index in [-0.39, 0.29) is 10.8 Å². The number of nitrogens with one attached hydrogen (secondary N) is 1. The Bertz CT molecular complexity index is 1200. The van der Waals surface area contributed by atoms with Crippen LogP contribution in [0.1, 0.15) is 29.3 Å². The summed E-state index contributed by atoms with van der Waals surface area (Å²) in [6.07, 6.45) is 0.812. The maximum atomic E-state index is 13.4. The first-order valence-electron chi connectivity index (χ1n) is 11.1. The molecule has 1 saturated heterocycles. The van der Waals surface area contributed by atoms with Crippen molar-refractivity contribution in [1.29, 1.82) is 0 Å². The highest BCUT2D eigenvalue weighted by atomic mass is 32.2. The summed E-state index contributed by atoms with van der Waals surface area (Å²) in [5.41, 5.74) is 1.46. The topological polar surface area (TPSA) is 69.5 Å². The first-order valence-corrected chi connectivity index (χ1v) is 12.5. The van der Waals surface area contributed by atoms with Crippen molar-refractivity contribution in [3.05, 3.63) is 77.9 Å². The lowest BCUT2D eigenvalue weighted by atomic mass is 10.0. The molecule has 3 aromatic carbocycles. The molecule has 3 aromatic rings. The summed E-state index contributed by atoms with van der Waals surface area (Å²) in [5, 5.41) is 2.26. The second-order valence-electron chi connectivity index (χ2n) is 8.13. The number of carbonyl (C=O) groups is 1. The van der Waals surface area contributed by atoms with Gasteiger partial charge in [0, 0.05) is 44.8 Å². The van der Waals surface area contributed by atoms with Gasteiger partial charge in [0.05, 0.1) is 4.90 Å². The molecule has 0 saturated carbocycles. The molecule has 1 N–H and O–H groups in total. The fourth-order valence-electron chi connectivity index (χ4n) is 3.85. The Morgan fingerprint density at radius 1 is 1.03 bits per heavy atom. The molecular weight excluding hydrogens is 422 g/mol. The number of benzene rings is 3. The van der Waals surface area contributed by atoms with E-state index in [1.165, 1.54) is 12.1 Å². The van der Waals surface area contributed by atoms with Gasteiger partial charge in [0.25, 0.3) is 5.91 Å². The largest absolute Gasteiger partial charge is 0.334 e. The Hall–Kier alpha value is -2.74. The molecule has 0 radical (unpaired) electrons. The van der Waals surface area contributed by atoms with Gasteiger partial charge in [0.2, 0.25) is 10.0 Å². The molecule has 0 bridgehead atoms. The van der Waals surface area contributed by atoms with Gasteiger partial charge in [-0.1, -0.05) is 55.5 Å². The third-order valence-electron chi connectivity index (χ3n) is 5.67. The Morgan fingerprint density at radius 2 is 1.78 bits per heavy atom. The van der Waals surface area contributed by atoms with Gasteiger partial charge in [0.15, 0.2) is 0 Å². The molecule has 0 unspecified atom stereocenters. The molecule has 1 heterocycles. The molecule has 0 spiro atoms. The van der Waals surface area contributed by atoms with E-state index in [0.29, 0.717) is 31.7 Å². The summed E-state index contributed by atoms with van der Waals surface area (Å²) in [6.45, 7) is 6.21. The van der Waals surface area contributed by atoms with Gasteiger partial charge in [0.1, 0.15) is 0 Å². The van der Waals surface area contributed by atoms with E-state index < -0.39 is 10.0 Å². The van der Waals surface area contributed by atoms with Crippen molar-refractivity contribution < 1.29 is 13.2 Å². The van der Waals surface area contributed by atoms with Crippen LogP contribution in [0.5, 0.6) is 0 Å². The summed E-state index contributed by atoms with van der Waals surface area (Å²) in [5.74, 6) is -0.166. The summed E-state index contributed by atoms with van der Waals surface area (Å²) in [4.78, 5) is 17.4.